The lowest BCUT2D eigenvalue weighted by molar-refractivity contribution is 0.135. The lowest BCUT2D eigenvalue weighted by atomic mass is 10.2. The van der Waals surface area contributed by atoms with E-state index >= 15 is 0 Å². The number of alkyl carbamates (subject to hydrolysis) is 1. The van der Waals surface area contributed by atoms with Crippen LogP contribution in [0.3, 0.4) is 0 Å². The zero-order chi connectivity index (χ0) is 12.5. The van der Waals surface area contributed by atoms with Crippen LogP contribution in [0.4, 0.5) is 4.79 Å². The van der Waals surface area contributed by atoms with Gasteiger partial charge in [-0.15, -0.1) is 0 Å². The molecule has 1 amide bonds. The number of rotatable bonds is 6. The van der Waals surface area contributed by atoms with Crippen LogP contribution in [0.5, 0.6) is 0 Å². The van der Waals surface area contributed by atoms with Crippen LogP contribution in [0.2, 0.25) is 0 Å². The SMILES string of the molecule is CCC[C@@H](CN)NC(=O)OCc1ccccc1. The lowest BCUT2D eigenvalue weighted by Crippen LogP contribution is -2.40. The largest absolute Gasteiger partial charge is 0.445 e. The molecular formula is C13H20N2O2. The molecule has 0 aromatic heterocycles. The van der Waals surface area contributed by atoms with Crippen molar-refractivity contribution in [2.45, 2.75) is 32.4 Å². The van der Waals surface area contributed by atoms with Crippen LogP contribution in [-0.2, 0) is 11.3 Å². The first-order valence-electron chi connectivity index (χ1n) is 5.93. The van der Waals surface area contributed by atoms with Crippen LogP contribution >= 0.6 is 0 Å². The van der Waals surface area contributed by atoms with Gasteiger partial charge in [0.25, 0.3) is 0 Å². The molecule has 94 valence electrons. The van der Waals surface area contributed by atoms with E-state index < -0.39 is 6.09 Å². The molecule has 0 heterocycles. The molecule has 0 aliphatic carbocycles. The van der Waals surface area contributed by atoms with Gasteiger partial charge < -0.3 is 15.8 Å². The molecule has 0 aliphatic heterocycles. The fraction of sp³-hybridized carbons (Fsp3) is 0.462. The normalized spacial score (nSPS) is 11.9. The number of carbonyl (C=O) groups is 1. The molecule has 0 spiro atoms. The summed E-state index contributed by atoms with van der Waals surface area (Å²) in [5, 5.41) is 2.75. The number of amides is 1. The van der Waals surface area contributed by atoms with E-state index in [-0.39, 0.29) is 12.6 Å². The molecule has 1 atom stereocenters. The number of nitrogens with one attached hydrogen (secondary N) is 1. The van der Waals surface area contributed by atoms with Crippen molar-refractivity contribution < 1.29 is 9.53 Å². The van der Waals surface area contributed by atoms with E-state index in [0.29, 0.717) is 6.54 Å². The summed E-state index contributed by atoms with van der Waals surface area (Å²) in [6, 6.07) is 9.59. The van der Waals surface area contributed by atoms with Crippen molar-refractivity contribution in [2.75, 3.05) is 6.54 Å². The topological polar surface area (TPSA) is 64.3 Å². The fourth-order valence-corrected chi connectivity index (χ4v) is 1.53. The Balaban J connectivity index is 2.30. The molecule has 0 aliphatic rings. The van der Waals surface area contributed by atoms with Gasteiger partial charge in [-0.2, -0.15) is 0 Å². The molecule has 0 fully saturated rings. The molecule has 1 rings (SSSR count). The van der Waals surface area contributed by atoms with E-state index in [4.69, 9.17) is 10.5 Å². The number of hydrogen-bond donors (Lipinski definition) is 2. The molecular weight excluding hydrogens is 216 g/mol. The van der Waals surface area contributed by atoms with Gasteiger partial charge in [0.15, 0.2) is 0 Å². The minimum atomic E-state index is -0.405. The van der Waals surface area contributed by atoms with Gasteiger partial charge in [0, 0.05) is 12.6 Å². The summed E-state index contributed by atoms with van der Waals surface area (Å²) in [7, 11) is 0. The molecule has 0 bridgehead atoms. The highest BCUT2D eigenvalue weighted by atomic mass is 16.5. The van der Waals surface area contributed by atoms with Crippen molar-refractivity contribution in [1.82, 2.24) is 5.32 Å². The average Bonchev–Trinajstić information content (AvgIpc) is 2.37. The Morgan fingerprint density at radius 1 is 1.41 bits per heavy atom. The second-order valence-corrected chi connectivity index (χ2v) is 3.93. The third-order valence-electron chi connectivity index (χ3n) is 2.46. The Bertz CT molecular complexity index is 327. The first-order chi connectivity index (χ1) is 8.26. The second-order valence-electron chi connectivity index (χ2n) is 3.93. The van der Waals surface area contributed by atoms with Gasteiger partial charge in [-0.25, -0.2) is 4.79 Å². The van der Waals surface area contributed by atoms with Gasteiger partial charge in [0.2, 0.25) is 0 Å². The number of carbonyl (C=O) groups excluding carboxylic acids is 1. The van der Waals surface area contributed by atoms with Gasteiger partial charge in [-0.3, -0.25) is 0 Å². The molecule has 1 aromatic carbocycles. The molecule has 17 heavy (non-hydrogen) atoms. The molecule has 0 unspecified atom stereocenters. The van der Waals surface area contributed by atoms with Crippen LogP contribution in [0.1, 0.15) is 25.3 Å². The van der Waals surface area contributed by atoms with Crippen molar-refractivity contribution in [2.24, 2.45) is 5.73 Å². The summed E-state index contributed by atoms with van der Waals surface area (Å²) in [6.45, 7) is 2.78. The zero-order valence-corrected chi connectivity index (χ0v) is 10.2. The summed E-state index contributed by atoms with van der Waals surface area (Å²) in [4.78, 5) is 11.5. The van der Waals surface area contributed by atoms with Gasteiger partial charge in [0.05, 0.1) is 0 Å². The molecule has 0 radical (unpaired) electrons. The average molecular weight is 236 g/mol. The summed E-state index contributed by atoms with van der Waals surface area (Å²) in [6.07, 6.45) is 1.45. The van der Waals surface area contributed by atoms with Gasteiger partial charge in [0.1, 0.15) is 6.61 Å². The summed E-state index contributed by atoms with van der Waals surface area (Å²) in [5.41, 5.74) is 6.52. The van der Waals surface area contributed by atoms with Gasteiger partial charge >= 0.3 is 6.09 Å². The molecule has 4 nitrogen and oxygen atoms in total. The highest BCUT2D eigenvalue weighted by Crippen LogP contribution is 2.01. The van der Waals surface area contributed by atoms with Crippen LogP contribution in [-0.4, -0.2) is 18.7 Å². The Kier molecular flexibility index (Phi) is 6.10. The maximum absolute atomic E-state index is 11.5. The first kappa shape index (κ1) is 13.5. The predicted octanol–water partition coefficient (Wildman–Crippen LogP) is 2.04. The molecule has 3 N–H and O–H groups in total. The third-order valence-corrected chi connectivity index (χ3v) is 2.46. The van der Waals surface area contributed by atoms with E-state index in [2.05, 4.69) is 12.2 Å². The van der Waals surface area contributed by atoms with Crippen LogP contribution in [0.25, 0.3) is 0 Å². The summed E-state index contributed by atoms with van der Waals surface area (Å²) < 4.78 is 5.10. The molecule has 0 saturated carbocycles. The van der Waals surface area contributed by atoms with Crippen molar-refractivity contribution in [3.05, 3.63) is 35.9 Å². The Hall–Kier alpha value is -1.55. The lowest BCUT2D eigenvalue weighted by Gasteiger charge is -2.15. The van der Waals surface area contributed by atoms with Crippen molar-refractivity contribution in [1.29, 1.82) is 0 Å². The predicted molar refractivity (Wildman–Crippen MR) is 67.5 cm³/mol. The number of hydrogen-bond acceptors (Lipinski definition) is 3. The van der Waals surface area contributed by atoms with Crippen molar-refractivity contribution >= 4 is 6.09 Å². The minimum Gasteiger partial charge on any atom is -0.445 e. The quantitative estimate of drug-likeness (QED) is 0.794. The molecule has 0 saturated heterocycles. The number of nitrogens with two attached hydrogens (primary N) is 1. The smallest absolute Gasteiger partial charge is 0.407 e. The van der Waals surface area contributed by atoms with Crippen molar-refractivity contribution in [3.8, 4) is 0 Å². The van der Waals surface area contributed by atoms with E-state index in [0.717, 1.165) is 18.4 Å². The number of benzene rings is 1. The standard InChI is InChI=1S/C13H20N2O2/c1-2-6-12(9-14)15-13(16)17-10-11-7-4-3-5-8-11/h3-5,7-8,12H,2,6,9-10,14H2,1H3,(H,15,16)/t12-/m0/s1. The highest BCUT2D eigenvalue weighted by molar-refractivity contribution is 5.67. The fourth-order valence-electron chi connectivity index (χ4n) is 1.53. The van der Waals surface area contributed by atoms with E-state index in [1.807, 2.05) is 30.3 Å². The minimum absolute atomic E-state index is 0.00303. The Morgan fingerprint density at radius 2 is 2.12 bits per heavy atom. The van der Waals surface area contributed by atoms with E-state index in [1.54, 1.807) is 0 Å². The van der Waals surface area contributed by atoms with E-state index in [1.165, 1.54) is 0 Å². The molecule has 4 heteroatoms. The second kappa shape index (κ2) is 7.68. The van der Waals surface area contributed by atoms with Crippen LogP contribution in [0, 0.1) is 0 Å². The maximum atomic E-state index is 11.5. The monoisotopic (exact) mass is 236 g/mol. The van der Waals surface area contributed by atoms with Crippen molar-refractivity contribution in [3.63, 3.8) is 0 Å². The van der Waals surface area contributed by atoms with E-state index in [9.17, 15) is 4.79 Å². The Labute approximate surface area is 102 Å². The zero-order valence-electron chi connectivity index (χ0n) is 10.2. The number of ether oxygens (including phenoxy) is 1. The first-order valence-corrected chi connectivity index (χ1v) is 5.93. The van der Waals surface area contributed by atoms with Gasteiger partial charge in [-0.05, 0) is 12.0 Å². The highest BCUT2D eigenvalue weighted by Gasteiger charge is 2.10. The maximum Gasteiger partial charge on any atom is 0.407 e. The van der Waals surface area contributed by atoms with Gasteiger partial charge in [-0.1, -0.05) is 43.7 Å². The van der Waals surface area contributed by atoms with Crippen LogP contribution in [0.15, 0.2) is 30.3 Å². The van der Waals surface area contributed by atoms with Crippen LogP contribution < -0.4 is 11.1 Å². The summed E-state index contributed by atoms with van der Waals surface area (Å²) >= 11 is 0. The summed E-state index contributed by atoms with van der Waals surface area (Å²) in [5.74, 6) is 0. The third kappa shape index (κ3) is 5.36. The molecule has 1 aromatic rings. The Morgan fingerprint density at radius 3 is 2.71 bits per heavy atom.